The van der Waals surface area contributed by atoms with Crippen LogP contribution in [-0.2, 0) is 9.59 Å². The van der Waals surface area contributed by atoms with E-state index in [0.717, 1.165) is 6.20 Å². The highest BCUT2D eigenvalue weighted by Gasteiger charge is 2.14. The number of carboxylic acids is 1. The Bertz CT molecular complexity index is 894. The summed E-state index contributed by atoms with van der Waals surface area (Å²) in [4.78, 5) is 51.9. The highest BCUT2D eigenvalue weighted by atomic mass is 16.4. The van der Waals surface area contributed by atoms with Gasteiger partial charge in [0.05, 0.1) is 0 Å². The lowest BCUT2D eigenvalue weighted by atomic mass is 10.2. The van der Waals surface area contributed by atoms with Crippen molar-refractivity contribution in [3.8, 4) is 11.4 Å². The maximum Gasteiger partial charge on any atom is 0.342 e. The van der Waals surface area contributed by atoms with Crippen molar-refractivity contribution in [1.82, 2.24) is 15.3 Å². The molecule has 130 valence electrons. The number of hydrogen-bond donors (Lipinski definition) is 4. The monoisotopic (exact) mass is 345 g/mol. The van der Waals surface area contributed by atoms with Crippen LogP contribution in [0.1, 0.15) is 25.6 Å². The largest absolute Gasteiger partial charge is 0.477 e. The van der Waals surface area contributed by atoms with Crippen molar-refractivity contribution < 1.29 is 20.9 Å². The fourth-order valence-electron chi connectivity index (χ4n) is 1.96. The second-order valence-electron chi connectivity index (χ2n) is 5.14. The molecule has 0 aliphatic carbocycles. The van der Waals surface area contributed by atoms with Crippen LogP contribution < -0.4 is 16.2 Å². The molecule has 4 N–H and O–H groups in total. The fourth-order valence-corrected chi connectivity index (χ4v) is 1.96. The van der Waals surface area contributed by atoms with E-state index in [1.807, 2.05) is 0 Å². The van der Waals surface area contributed by atoms with Crippen LogP contribution in [0, 0.1) is 0 Å². The average molecular weight is 345 g/mol. The third-order valence-electron chi connectivity index (χ3n) is 3.23. The van der Waals surface area contributed by atoms with Crippen molar-refractivity contribution in [3.05, 3.63) is 46.4 Å². The van der Waals surface area contributed by atoms with E-state index in [4.69, 9.17) is 6.48 Å². The zero-order valence-electron chi connectivity index (χ0n) is 14.2. The molecule has 1 heterocycles. The van der Waals surface area contributed by atoms with Crippen LogP contribution in [0.2, 0.25) is 0 Å². The number of H-pyrrole nitrogens is 1. The Morgan fingerprint density at radius 1 is 1.28 bits per heavy atom. The Labute approximate surface area is 143 Å². The van der Waals surface area contributed by atoms with Crippen molar-refractivity contribution >= 4 is 23.5 Å². The first-order valence-corrected chi connectivity index (χ1v) is 7.14. The molecule has 0 saturated heterocycles. The summed E-state index contributed by atoms with van der Waals surface area (Å²) in [5.41, 5.74) is -0.247. The molecule has 0 saturated carbocycles. The third-order valence-corrected chi connectivity index (χ3v) is 3.23. The Kier molecular flexibility index (Phi) is 4.84. The smallest absolute Gasteiger partial charge is 0.342 e. The molecule has 0 spiro atoms. The Morgan fingerprint density at radius 3 is 2.52 bits per heavy atom. The van der Waals surface area contributed by atoms with Gasteiger partial charge < -0.3 is 20.7 Å². The van der Waals surface area contributed by atoms with Gasteiger partial charge in [0.15, 0.2) is 0 Å². The summed E-state index contributed by atoms with van der Waals surface area (Å²) in [6.45, 7) is 1.04. The van der Waals surface area contributed by atoms with Crippen LogP contribution in [0.5, 0.6) is 0 Å². The number of aromatic amines is 1. The SMILES string of the molecule is [2H]CC(=O)N[C@@H](C)C(=O)Nc1ccc(-c2ncc(C(=O)O)c(=O)[nH]2)cc1. The van der Waals surface area contributed by atoms with Crippen LogP contribution in [0.4, 0.5) is 5.69 Å². The lowest BCUT2D eigenvalue weighted by Crippen LogP contribution is -2.40. The predicted octanol–water partition coefficient (Wildman–Crippen LogP) is 0.598. The van der Waals surface area contributed by atoms with E-state index in [-0.39, 0.29) is 5.82 Å². The van der Waals surface area contributed by atoms with E-state index >= 15 is 0 Å². The molecule has 0 aliphatic rings. The Balaban J connectivity index is 2.10. The van der Waals surface area contributed by atoms with Crippen LogP contribution in [0.15, 0.2) is 35.3 Å². The van der Waals surface area contributed by atoms with E-state index in [9.17, 15) is 19.2 Å². The van der Waals surface area contributed by atoms with Gasteiger partial charge in [0.1, 0.15) is 17.4 Å². The lowest BCUT2D eigenvalue weighted by Gasteiger charge is -2.13. The minimum Gasteiger partial charge on any atom is -0.477 e. The zero-order chi connectivity index (χ0) is 19.3. The number of rotatable bonds is 5. The van der Waals surface area contributed by atoms with Gasteiger partial charge in [0, 0.05) is 25.7 Å². The summed E-state index contributed by atoms with van der Waals surface area (Å²) in [6, 6.07) is 5.51. The van der Waals surface area contributed by atoms with Gasteiger partial charge in [-0.3, -0.25) is 14.4 Å². The number of aromatic nitrogens is 2. The van der Waals surface area contributed by atoms with Gasteiger partial charge in [-0.2, -0.15) is 0 Å². The van der Waals surface area contributed by atoms with E-state index in [1.54, 1.807) is 24.3 Å². The molecule has 2 aromatic rings. The van der Waals surface area contributed by atoms with Crippen molar-refractivity contribution in [3.63, 3.8) is 0 Å². The number of aromatic carboxylic acids is 1. The second-order valence-corrected chi connectivity index (χ2v) is 5.14. The van der Waals surface area contributed by atoms with Crippen molar-refractivity contribution in [2.24, 2.45) is 0 Å². The Morgan fingerprint density at radius 2 is 1.96 bits per heavy atom. The summed E-state index contributed by atoms with van der Waals surface area (Å²) in [7, 11) is 0. The molecule has 25 heavy (non-hydrogen) atoms. The van der Waals surface area contributed by atoms with E-state index in [0.29, 0.717) is 11.3 Å². The number of carbonyl (C=O) groups is 3. The summed E-state index contributed by atoms with van der Waals surface area (Å²) in [6.07, 6.45) is 0.975. The van der Waals surface area contributed by atoms with E-state index in [1.165, 1.54) is 6.92 Å². The van der Waals surface area contributed by atoms with E-state index in [2.05, 4.69) is 20.6 Å². The maximum absolute atomic E-state index is 12.0. The topological polar surface area (TPSA) is 141 Å². The average Bonchev–Trinajstić information content (AvgIpc) is 2.61. The summed E-state index contributed by atoms with van der Waals surface area (Å²) >= 11 is 0. The summed E-state index contributed by atoms with van der Waals surface area (Å²) < 4.78 is 6.91. The highest BCUT2D eigenvalue weighted by molar-refractivity contribution is 5.96. The molecule has 1 atom stereocenters. The molecule has 0 fully saturated rings. The summed E-state index contributed by atoms with van der Waals surface area (Å²) in [5, 5.41) is 13.8. The van der Waals surface area contributed by atoms with Crippen molar-refractivity contribution in [2.75, 3.05) is 5.32 Å². The number of amides is 2. The van der Waals surface area contributed by atoms with E-state index < -0.39 is 41.8 Å². The number of nitrogens with zero attached hydrogens (tertiary/aromatic N) is 1. The normalized spacial score (nSPS) is 12.0. The van der Waals surface area contributed by atoms with Gasteiger partial charge in [-0.25, -0.2) is 9.78 Å². The molecule has 2 rings (SSSR count). The van der Waals surface area contributed by atoms with Crippen LogP contribution in [-0.4, -0.2) is 38.9 Å². The number of nitrogens with one attached hydrogen (secondary N) is 3. The predicted molar refractivity (Wildman–Crippen MR) is 89.2 cm³/mol. The molecular formula is C16H16N4O5. The standard InChI is InChI=1S/C16H16N4O5/c1-8(18-9(2)21)14(22)19-11-5-3-10(4-6-11)13-17-7-12(16(24)25)15(23)20-13/h3-8H,1-2H3,(H,18,21)(H,19,22)(H,24,25)(H,17,20,23)/t8-/m0/s1/i2D. The van der Waals surface area contributed by atoms with Gasteiger partial charge in [0.2, 0.25) is 11.8 Å². The highest BCUT2D eigenvalue weighted by Crippen LogP contribution is 2.17. The van der Waals surface area contributed by atoms with Gasteiger partial charge in [-0.1, -0.05) is 0 Å². The number of carboxylic acid groups (broad SMARTS) is 1. The second kappa shape index (κ2) is 7.39. The molecule has 0 radical (unpaired) electrons. The number of anilines is 1. The van der Waals surface area contributed by atoms with Crippen LogP contribution >= 0.6 is 0 Å². The van der Waals surface area contributed by atoms with Gasteiger partial charge >= 0.3 is 5.97 Å². The quantitative estimate of drug-likeness (QED) is 0.625. The first-order valence-electron chi connectivity index (χ1n) is 7.85. The molecule has 9 nitrogen and oxygen atoms in total. The lowest BCUT2D eigenvalue weighted by molar-refractivity contribution is -0.124. The zero-order valence-corrected chi connectivity index (χ0v) is 13.2. The first-order chi connectivity index (χ1) is 12.3. The Hall–Kier alpha value is -3.49. The molecule has 0 aliphatic heterocycles. The van der Waals surface area contributed by atoms with Gasteiger partial charge in [0.25, 0.3) is 5.56 Å². The van der Waals surface area contributed by atoms with Crippen LogP contribution in [0.25, 0.3) is 11.4 Å². The number of carbonyl (C=O) groups excluding carboxylic acids is 2. The molecule has 1 aromatic carbocycles. The molecular weight excluding hydrogens is 328 g/mol. The molecule has 0 bridgehead atoms. The maximum atomic E-state index is 12.0. The van der Waals surface area contributed by atoms with Gasteiger partial charge in [-0.05, 0) is 31.2 Å². The summed E-state index contributed by atoms with van der Waals surface area (Å²) in [5.74, 6) is -2.18. The van der Waals surface area contributed by atoms with Crippen molar-refractivity contribution in [2.45, 2.75) is 19.9 Å². The van der Waals surface area contributed by atoms with Gasteiger partial charge in [-0.15, -0.1) is 0 Å². The fraction of sp³-hybridized carbons (Fsp3) is 0.188. The first kappa shape index (κ1) is 16.4. The minimum atomic E-state index is -1.37. The number of benzene rings is 1. The molecule has 2 amide bonds. The molecule has 0 unspecified atom stereocenters. The van der Waals surface area contributed by atoms with Crippen LogP contribution in [0.3, 0.4) is 0 Å². The minimum absolute atomic E-state index is 0.189. The molecule has 1 aromatic heterocycles. The number of hydrogen-bond acceptors (Lipinski definition) is 5. The third kappa shape index (κ3) is 4.50. The molecule has 9 heteroatoms. The van der Waals surface area contributed by atoms with Crippen molar-refractivity contribution in [1.29, 1.82) is 0 Å².